The molecule has 1 aromatic heterocycles. The number of aromatic nitrogens is 3. The summed E-state index contributed by atoms with van der Waals surface area (Å²) in [6, 6.07) is 7.34. The van der Waals surface area contributed by atoms with Crippen LogP contribution in [-0.2, 0) is 4.74 Å². The number of hydrogen-bond donors (Lipinski definition) is 1. The van der Waals surface area contributed by atoms with E-state index in [4.69, 9.17) is 10.5 Å². The lowest BCUT2D eigenvalue weighted by Crippen LogP contribution is -2.53. The van der Waals surface area contributed by atoms with Crippen LogP contribution in [0.4, 0.5) is 0 Å². The Bertz CT molecular complexity index is 643. The Morgan fingerprint density at radius 3 is 2.95 bits per heavy atom. The highest BCUT2D eigenvalue weighted by molar-refractivity contribution is 5.97. The van der Waals surface area contributed by atoms with Crippen molar-refractivity contribution in [1.29, 1.82) is 0 Å². The zero-order valence-electron chi connectivity index (χ0n) is 12.4. The van der Waals surface area contributed by atoms with E-state index in [0.29, 0.717) is 24.3 Å². The summed E-state index contributed by atoms with van der Waals surface area (Å²) in [6.07, 6.45) is 3.63. The smallest absolute Gasteiger partial charge is 0.256 e. The summed E-state index contributed by atoms with van der Waals surface area (Å²) in [6.45, 7) is 1.13. The van der Waals surface area contributed by atoms with Gasteiger partial charge in [-0.3, -0.25) is 4.79 Å². The third-order valence-electron chi connectivity index (χ3n) is 4.00. The van der Waals surface area contributed by atoms with Crippen LogP contribution in [-0.4, -0.2) is 57.9 Å². The Morgan fingerprint density at radius 2 is 2.23 bits per heavy atom. The van der Waals surface area contributed by atoms with Crippen molar-refractivity contribution in [3.8, 4) is 5.69 Å². The summed E-state index contributed by atoms with van der Waals surface area (Å²) in [5, 5.41) is 4.11. The van der Waals surface area contributed by atoms with Gasteiger partial charge in [0.1, 0.15) is 12.7 Å². The van der Waals surface area contributed by atoms with Crippen LogP contribution in [0.3, 0.4) is 0 Å². The lowest BCUT2D eigenvalue weighted by molar-refractivity contribution is 0.0162. The molecule has 2 N–H and O–H groups in total. The maximum atomic E-state index is 12.9. The number of nitrogens with two attached hydrogens (primary N) is 1. The zero-order valence-corrected chi connectivity index (χ0v) is 12.4. The van der Waals surface area contributed by atoms with Gasteiger partial charge < -0.3 is 15.4 Å². The highest BCUT2D eigenvalue weighted by Gasteiger charge is 2.30. The predicted octanol–water partition coefficient (Wildman–Crippen LogP) is 0.456. The molecule has 0 saturated carbocycles. The Hall–Kier alpha value is -2.25. The van der Waals surface area contributed by atoms with Crippen LogP contribution >= 0.6 is 0 Å². The van der Waals surface area contributed by atoms with Gasteiger partial charge in [-0.25, -0.2) is 9.67 Å². The van der Waals surface area contributed by atoms with E-state index in [-0.39, 0.29) is 18.1 Å². The molecule has 7 nitrogen and oxygen atoms in total. The van der Waals surface area contributed by atoms with Gasteiger partial charge in [0.2, 0.25) is 0 Å². The first-order chi connectivity index (χ1) is 10.7. The average Bonchev–Trinajstić information content (AvgIpc) is 3.09. The van der Waals surface area contributed by atoms with Crippen LogP contribution in [0.2, 0.25) is 0 Å². The Kier molecular flexibility index (Phi) is 4.17. The van der Waals surface area contributed by atoms with Crippen LogP contribution < -0.4 is 5.73 Å². The minimum Gasteiger partial charge on any atom is -0.378 e. The summed E-state index contributed by atoms with van der Waals surface area (Å²) in [5.74, 6) is -0.0416. The second-order valence-corrected chi connectivity index (χ2v) is 5.34. The maximum absolute atomic E-state index is 12.9. The fourth-order valence-corrected chi connectivity index (χ4v) is 2.73. The second kappa shape index (κ2) is 6.25. The zero-order chi connectivity index (χ0) is 15.5. The van der Waals surface area contributed by atoms with Crippen LogP contribution in [0.5, 0.6) is 0 Å². The number of carbonyl (C=O) groups excluding carboxylic acids is 1. The van der Waals surface area contributed by atoms with Crippen molar-refractivity contribution in [3.63, 3.8) is 0 Å². The van der Waals surface area contributed by atoms with Gasteiger partial charge in [-0.15, -0.1) is 0 Å². The molecule has 1 fully saturated rings. The van der Waals surface area contributed by atoms with Gasteiger partial charge in [-0.2, -0.15) is 5.10 Å². The third kappa shape index (κ3) is 2.72. The fraction of sp³-hybridized carbons (Fsp3) is 0.400. The van der Waals surface area contributed by atoms with Crippen molar-refractivity contribution in [2.24, 2.45) is 5.73 Å². The summed E-state index contributed by atoms with van der Waals surface area (Å²) in [5.41, 5.74) is 7.32. The van der Waals surface area contributed by atoms with Crippen molar-refractivity contribution in [3.05, 3.63) is 42.5 Å². The van der Waals surface area contributed by atoms with Crippen molar-refractivity contribution in [2.45, 2.75) is 18.6 Å². The molecular formula is C15H19N5O2. The number of hydrogen-bond acceptors (Lipinski definition) is 5. The van der Waals surface area contributed by atoms with Crippen LogP contribution in [0.1, 0.15) is 16.8 Å². The maximum Gasteiger partial charge on any atom is 0.256 e. The molecule has 2 atom stereocenters. The predicted molar refractivity (Wildman–Crippen MR) is 80.7 cm³/mol. The molecule has 0 unspecified atom stereocenters. The summed E-state index contributed by atoms with van der Waals surface area (Å²) in [4.78, 5) is 18.6. The molecule has 0 bridgehead atoms. The largest absolute Gasteiger partial charge is 0.378 e. The molecule has 1 aliphatic rings. The minimum absolute atomic E-state index is 0.0281. The van der Waals surface area contributed by atoms with Crippen molar-refractivity contribution in [1.82, 2.24) is 19.7 Å². The number of rotatable bonds is 3. The summed E-state index contributed by atoms with van der Waals surface area (Å²) in [7, 11) is 1.63. The molecule has 1 saturated heterocycles. The van der Waals surface area contributed by atoms with E-state index in [0.717, 1.165) is 6.42 Å². The average molecular weight is 301 g/mol. The van der Waals surface area contributed by atoms with Gasteiger partial charge >= 0.3 is 0 Å². The van der Waals surface area contributed by atoms with Gasteiger partial charge in [-0.1, -0.05) is 12.1 Å². The number of para-hydroxylation sites is 1. The van der Waals surface area contributed by atoms with Gasteiger partial charge in [0.25, 0.3) is 5.91 Å². The normalized spacial score (nSPS) is 21.8. The van der Waals surface area contributed by atoms with Crippen LogP contribution in [0, 0.1) is 0 Å². The molecule has 2 heterocycles. The monoisotopic (exact) mass is 301 g/mol. The van der Waals surface area contributed by atoms with Gasteiger partial charge in [-0.05, 0) is 18.6 Å². The molecule has 7 heteroatoms. The molecule has 3 rings (SSSR count). The molecule has 2 aromatic rings. The molecule has 22 heavy (non-hydrogen) atoms. The number of amides is 1. The highest BCUT2D eigenvalue weighted by Crippen LogP contribution is 2.19. The van der Waals surface area contributed by atoms with E-state index in [9.17, 15) is 4.79 Å². The Labute approximate surface area is 128 Å². The SMILES string of the molecule is CO[C@@H]1CN(C(=O)c2ccccc2-n2cncn2)CC[C@@H]1N. The van der Waals surface area contributed by atoms with E-state index in [1.54, 1.807) is 29.1 Å². The standard InChI is InChI=1S/C15H19N5O2/c1-22-14-8-19(7-6-12(14)16)15(21)11-4-2-3-5-13(11)20-10-17-9-18-20/h2-5,9-10,12,14H,6-8,16H2,1H3/t12-,14+/m0/s1. The molecular weight excluding hydrogens is 282 g/mol. The summed E-state index contributed by atoms with van der Waals surface area (Å²) < 4.78 is 6.97. The lowest BCUT2D eigenvalue weighted by atomic mass is 10.0. The molecule has 0 radical (unpaired) electrons. The van der Waals surface area contributed by atoms with E-state index in [1.807, 2.05) is 18.2 Å². The van der Waals surface area contributed by atoms with Gasteiger partial charge in [0, 0.05) is 26.2 Å². The Balaban J connectivity index is 1.87. The highest BCUT2D eigenvalue weighted by atomic mass is 16.5. The van der Waals surface area contributed by atoms with E-state index >= 15 is 0 Å². The number of methoxy groups -OCH3 is 1. The number of nitrogens with zero attached hydrogens (tertiary/aromatic N) is 4. The van der Waals surface area contributed by atoms with Gasteiger partial charge in [0.15, 0.2) is 0 Å². The number of piperidine rings is 1. The lowest BCUT2D eigenvalue weighted by Gasteiger charge is -2.36. The Morgan fingerprint density at radius 1 is 1.41 bits per heavy atom. The topological polar surface area (TPSA) is 86.3 Å². The quantitative estimate of drug-likeness (QED) is 0.890. The fourth-order valence-electron chi connectivity index (χ4n) is 2.73. The third-order valence-corrected chi connectivity index (χ3v) is 4.00. The number of likely N-dealkylation sites (tertiary alicyclic amines) is 1. The first kappa shape index (κ1) is 14.7. The molecule has 0 spiro atoms. The first-order valence-corrected chi connectivity index (χ1v) is 7.22. The van der Waals surface area contributed by atoms with Crippen LogP contribution in [0.15, 0.2) is 36.9 Å². The molecule has 1 amide bonds. The number of ether oxygens (including phenoxy) is 1. The van der Waals surface area contributed by atoms with Crippen molar-refractivity contribution >= 4 is 5.91 Å². The van der Waals surface area contributed by atoms with Gasteiger partial charge in [0.05, 0.1) is 17.4 Å². The van der Waals surface area contributed by atoms with E-state index in [1.165, 1.54) is 6.33 Å². The molecule has 1 aromatic carbocycles. The van der Waals surface area contributed by atoms with E-state index < -0.39 is 0 Å². The molecule has 116 valence electrons. The summed E-state index contributed by atoms with van der Waals surface area (Å²) >= 11 is 0. The van der Waals surface area contributed by atoms with Crippen molar-refractivity contribution in [2.75, 3.05) is 20.2 Å². The minimum atomic E-state index is -0.128. The second-order valence-electron chi connectivity index (χ2n) is 5.34. The van der Waals surface area contributed by atoms with E-state index in [2.05, 4.69) is 10.1 Å². The van der Waals surface area contributed by atoms with Crippen molar-refractivity contribution < 1.29 is 9.53 Å². The number of benzene rings is 1. The molecule has 1 aliphatic heterocycles. The first-order valence-electron chi connectivity index (χ1n) is 7.22. The van der Waals surface area contributed by atoms with Crippen LogP contribution in [0.25, 0.3) is 5.69 Å². The number of carbonyl (C=O) groups is 1. The molecule has 0 aliphatic carbocycles.